The third-order valence-electron chi connectivity index (χ3n) is 4.61. The summed E-state index contributed by atoms with van der Waals surface area (Å²) in [5.74, 6) is 1.08. The van der Waals surface area contributed by atoms with Gasteiger partial charge >= 0.3 is 0 Å². The predicted octanol–water partition coefficient (Wildman–Crippen LogP) is 2.12. The molecule has 1 aliphatic rings. The van der Waals surface area contributed by atoms with Crippen LogP contribution in [0.3, 0.4) is 0 Å². The normalized spacial score (nSPS) is 15.2. The Kier molecular flexibility index (Phi) is 4.07. The SMILES string of the molecule is Cc1cccnc1CN(C)C1CN(c2ncnc(C)c2C)C1. The molecule has 1 saturated heterocycles. The molecule has 0 atom stereocenters. The van der Waals surface area contributed by atoms with Gasteiger partial charge in [0.1, 0.15) is 12.1 Å². The van der Waals surface area contributed by atoms with E-state index in [-0.39, 0.29) is 0 Å². The van der Waals surface area contributed by atoms with E-state index in [4.69, 9.17) is 0 Å². The summed E-state index contributed by atoms with van der Waals surface area (Å²) in [5, 5.41) is 0. The fourth-order valence-corrected chi connectivity index (χ4v) is 2.80. The zero-order valence-electron chi connectivity index (χ0n) is 13.7. The van der Waals surface area contributed by atoms with Gasteiger partial charge in [-0.15, -0.1) is 0 Å². The molecule has 0 unspecified atom stereocenters. The minimum Gasteiger partial charge on any atom is -0.353 e. The summed E-state index contributed by atoms with van der Waals surface area (Å²) in [4.78, 5) is 17.9. The molecule has 2 aromatic heterocycles. The van der Waals surface area contributed by atoms with Crippen molar-refractivity contribution in [3.63, 3.8) is 0 Å². The summed E-state index contributed by atoms with van der Waals surface area (Å²) in [6.07, 6.45) is 3.53. The molecule has 0 aliphatic carbocycles. The van der Waals surface area contributed by atoms with Crippen LogP contribution in [-0.2, 0) is 6.54 Å². The van der Waals surface area contributed by atoms with Gasteiger partial charge in [0.2, 0.25) is 0 Å². The van der Waals surface area contributed by atoms with Gasteiger partial charge in [-0.1, -0.05) is 6.07 Å². The quantitative estimate of drug-likeness (QED) is 0.865. The number of nitrogens with zero attached hydrogens (tertiary/aromatic N) is 5. The van der Waals surface area contributed by atoms with Crippen molar-refractivity contribution in [3.05, 3.63) is 47.2 Å². The first-order valence-corrected chi connectivity index (χ1v) is 7.70. The smallest absolute Gasteiger partial charge is 0.135 e. The van der Waals surface area contributed by atoms with Crippen molar-refractivity contribution < 1.29 is 0 Å². The molecule has 0 aromatic carbocycles. The van der Waals surface area contributed by atoms with Crippen molar-refractivity contribution in [1.82, 2.24) is 19.9 Å². The van der Waals surface area contributed by atoms with Gasteiger partial charge in [0, 0.05) is 43.1 Å². The van der Waals surface area contributed by atoms with Crippen molar-refractivity contribution >= 4 is 5.82 Å². The molecule has 3 rings (SSSR count). The second kappa shape index (κ2) is 6.01. The van der Waals surface area contributed by atoms with Gasteiger partial charge in [0.25, 0.3) is 0 Å². The lowest BCUT2D eigenvalue weighted by atomic mass is 10.1. The van der Waals surface area contributed by atoms with Crippen LogP contribution in [0, 0.1) is 20.8 Å². The second-order valence-electron chi connectivity index (χ2n) is 6.15. The average molecular weight is 297 g/mol. The topological polar surface area (TPSA) is 45.2 Å². The third-order valence-corrected chi connectivity index (χ3v) is 4.61. The summed E-state index contributed by atoms with van der Waals surface area (Å²) >= 11 is 0. The molecule has 0 radical (unpaired) electrons. The Balaban J connectivity index is 1.61. The second-order valence-corrected chi connectivity index (χ2v) is 6.15. The number of rotatable bonds is 4. The molecular formula is C17H23N5. The van der Waals surface area contributed by atoms with E-state index in [0.717, 1.165) is 36.8 Å². The van der Waals surface area contributed by atoms with Crippen LogP contribution in [0.15, 0.2) is 24.7 Å². The molecule has 0 saturated carbocycles. The van der Waals surface area contributed by atoms with Gasteiger partial charge in [0.15, 0.2) is 0 Å². The van der Waals surface area contributed by atoms with Crippen molar-refractivity contribution in [2.24, 2.45) is 0 Å². The lowest BCUT2D eigenvalue weighted by molar-refractivity contribution is 0.194. The molecule has 1 fully saturated rings. The summed E-state index contributed by atoms with van der Waals surface area (Å²) in [5.41, 5.74) is 4.67. The molecule has 5 heteroatoms. The Morgan fingerprint density at radius 2 is 1.95 bits per heavy atom. The highest BCUT2D eigenvalue weighted by Gasteiger charge is 2.32. The van der Waals surface area contributed by atoms with E-state index in [9.17, 15) is 0 Å². The van der Waals surface area contributed by atoms with E-state index in [1.54, 1.807) is 6.33 Å². The van der Waals surface area contributed by atoms with Gasteiger partial charge in [-0.2, -0.15) is 0 Å². The predicted molar refractivity (Wildman–Crippen MR) is 87.9 cm³/mol. The van der Waals surface area contributed by atoms with E-state index in [2.05, 4.69) is 51.7 Å². The molecule has 0 amide bonds. The standard InChI is InChI=1S/C17H23N5/c1-12-6-5-7-18-16(12)10-21(4)15-8-22(9-15)17-13(2)14(3)19-11-20-17/h5-7,11,15H,8-10H2,1-4H3. The minimum atomic E-state index is 0.552. The van der Waals surface area contributed by atoms with Gasteiger partial charge in [-0.05, 0) is 39.4 Å². The lowest BCUT2D eigenvalue weighted by Gasteiger charge is -2.45. The Labute approximate surface area is 132 Å². The minimum absolute atomic E-state index is 0.552. The summed E-state index contributed by atoms with van der Waals surface area (Å²) in [6, 6.07) is 4.66. The first-order valence-electron chi connectivity index (χ1n) is 7.70. The van der Waals surface area contributed by atoms with Gasteiger partial charge in [-0.3, -0.25) is 9.88 Å². The fourth-order valence-electron chi connectivity index (χ4n) is 2.80. The van der Waals surface area contributed by atoms with Crippen molar-refractivity contribution in [2.45, 2.75) is 33.4 Å². The summed E-state index contributed by atoms with van der Waals surface area (Å²) in [7, 11) is 2.17. The fraction of sp³-hybridized carbons (Fsp3) is 0.471. The maximum Gasteiger partial charge on any atom is 0.135 e. The molecule has 2 aromatic rings. The van der Waals surface area contributed by atoms with Gasteiger partial charge in [-0.25, -0.2) is 9.97 Å². The highest BCUT2D eigenvalue weighted by molar-refractivity contribution is 5.50. The monoisotopic (exact) mass is 297 g/mol. The van der Waals surface area contributed by atoms with E-state index >= 15 is 0 Å². The zero-order valence-corrected chi connectivity index (χ0v) is 13.7. The molecule has 3 heterocycles. The molecule has 0 bridgehead atoms. The molecular weight excluding hydrogens is 274 g/mol. The highest BCUT2D eigenvalue weighted by atomic mass is 15.3. The average Bonchev–Trinajstić information content (AvgIpc) is 2.44. The van der Waals surface area contributed by atoms with Gasteiger partial charge in [0.05, 0.1) is 5.69 Å². The van der Waals surface area contributed by atoms with E-state index in [1.165, 1.54) is 11.1 Å². The molecule has 116 valence electrons. The third kappa shape index (κ3) is 2.81. The van der Waals surface area contributed by atoms with Gasteiger partial charge < -0.3 is 4.90 Å². The van der Waals surface area contributed by atoms with E-state index in [0.29, 0.717) is 6.04 Å². The van der Waals surface area contributed by atoms with Crippen LogP contribution < -0.4 is 4.90 Å². The Bertz CT molecular complexity index is 664. The zero-order chi connectivity index (χ0) is 15.7. The maximum atomic E-state index is 4.49. The molecule has 0 spiro atoms. The maximum absolute atomic E-state index is 4.49. The number of hydrogen-bond donors (Lipinski definition) is 0. The van der Waals surface area contributed by atoms with Crippen LogP contribution in [0.1, 0.15) is 22.5 Å². The highest BCUT2D eigenvalue weighted by Crippen LogP contribution is 2.25. The summed E-state index contributed by atoms with van der Waals surface area (Å²) in [6.45, 7) is 9.18. The largest absolute Gasteiger partial charge is 0.353 e. The first kappa shape index (κ1) is 14.9. The van der Waals surface area contributed by atoms with Crippen LogP contribution in [0.5, 0.6) is 0 Å². The number of aryl methyl sites for hydroxylation is 2. The molecule has 5 nitrogen and oxygen atoms in total. The van der Waals surface area contributed by atoms with Crippen LogP contribution in [-0.4, -0.2) is 46.0 Å². The molecule has 0 N–H and O–H groups in total. The van der Waals surface area contributed by atoms with Crippen molar-refractivity contribution in [1.29, 1.82) is 0 Å². The van der Waals surface area contributed by atoms with Crippen LogP contribution >= 0.6 is 0 Å². The number of hydrogen-bond acceptors (Lipinski definition) is 5. The number of likely N-dealkylation sites (N-methyl/N-ethyl adjacent to an activating group) is 1. The van der Waals surface area contributed by atoms with Crippen LogP contribution in [0.4, 0.5) is 5.82 Å². The Morgan fingerprint density at radius 1 is 1.18 bits per heavy atom. The van der Waals surface area contributed by atoms with Crippen molar-refractivity contribution in [3.8, 4) is 0 Å². The number of aromatic nitrogens is 3. The lowest BCUT2D eigenvalue weighted by Crippen LogP contribution is -2.58. The Hall–Kier alpha value is -2.01. The Morgan fingerprint density at radius 3 is 2.68 bits per heavy atom. The van der Waals surface area contributed by atoms with E-state index in [1.807, 2.05) is 19.2 Å². The number of pyridine rings is 1. The first-order chi connectivity index (χ1) is 10.6. The summed E-state index contributed by atoms with van der Waals surface area (Å²) < 4.78 is 0. The van der Waals surface area contributed by atoms with E-state index < -0.39 is 0 Å². The number of anilines is 1. The van der Waals surface area contributed by atoms with Crippen LogP contribution in [0.25, 0.3) is 0 Å². The molecule has 1 aliphatic heterocycles. The van der Waals surface area contributed by atoms with Crippen molar-refractivity contribution in [2.75, 3.05) is 25.0 Å². The molecule has 22 heavy (non-hydrogen) atoms. The van der Waals surface area contributed by atoms with Crippen LogP contribution in [0.2, 0.25) is 0 Å².